The number of hydrogen-bond acceptors (Lipinski definition) is 4. The molecule has 0 spiro atoms. The Morgan fingerprint density at radius 2 is 2.12 bits per heavy atom. The smallest absolute Gasteiger partial charge is 0.342 e. The summed E-state index contributed by atoms with van der Waals surface area (Å²) in [7, 11) is 2.72. The number of esters is 1. The zero-order chi connectivity index (χ0) is 11.7. The molecule has 84 valence electrons. The largest absolute Gasteiger partial charge is 0.496 e. The summed E-state index contributed by atoms with van der Waals surface area (Å²) in [6, 6.07) is 3.42. The third-order valence-electron chi connectivity index (χ3n) is 2.53. The number of hydrogen-bond donors (Lipinski definition) is 1. The topological polar surface area (TPSA) is 64.6 Å². The van der Waals surface area contributed by atoms with Gasteiger partial charge >= 0.3 is 5.97 Å². The van der Waals surface area contributed by atoms with Crippen molar-refractivity contribution in [3.8, 4) is 5.75 Å². The molecule has 1 amide bonds. The summed E-state index contributed by atoms with van der Waals surface area (Å²) >= 11 is 0. The Bertz CT molecular complexity index is 467. The molecule has 1 heterocycles. The lowest BCUT2D eigenvalue weighted by molar-refractivity contribution is 0.0593. The number of fused-ring (bicyclic) bond motifs is 1. The van der Waals surface area contributed by atoms with Gasteiger partial charge in [0.05, 0.1) is 19.8 Å². The molecule has 1 aromatic carbocycles. The van der Waals surface area contributed by atoms with E-state index in [1.54, 1.807) is 12.1 Å². The van der Waals surface area contributed by atoms with Gasteiger partial charge in [-0.25, -0.2) is 4.79 Å². The molecule has 0 unspecified atom stereocenters. The molecular weight excluding hydrogens is 210 g/mol. The average molecular weight is 221 g/mol. The molecule has 1 aliphatic rings. The van der Waals surface area contributed by atoms with Crippen molar-refractivity contribution in [3.05, 3.63) is 28.8 Å². The van der Waals surface area contributed by atoms with Crippen LogP contribution in [-0.2, 0) is 11.3 Å². The van der Waals surface area contributed by atoms with E-state index < -0.39 is 5.97 Å². The van der Waals surface area contributed by atoms with Crippen molar-refractivity contribution in [2.45, 2.75) is 6.54 Å². The van der Waals surface area contributed by atoms with Crippen LogP contribution in [0.2, 0.25) is 0 Å². The van der Waals surface area contributed by atoms with Gasteiger partial charge in [0.25, 0.3) is 5.91 Å². The Hall–Kier alpha value is -2.04. The van der Waals surface area contributed by atoms with E-state index in [0.29, 0.717) is 17.9 Å². The second kappa shape index (κ2) is 3.84. The Morgan fingerprint density at radius 3 is 2.75 bits per heavy atom. The van der Waals surface area contributed by atoms with Crippen molar-refractivity contribution in [2.75, 3.05) is 14.2 Å². The molecule has 1 aromatic rings. The molecule has 5 nitrogen and oxygen atoms in total. The number of carbonyl (C=O) groups is 2. The first-order valence-corrected chi connectivity index (χ1v) is 4.75. The second-order valence-electron chi connectivity index (χ2n) is 3.35. The van der Waals surface area contributed by atoms with E-state index in [9.17, 15) is 9.59 Å². The van der Waals surface area contributed by atoms with Gasteiger partial charge in [0.2, 0.25) is 0 Å². The van der Waals surface area contributed by atoms with Crippen LogP contribution in [0, 0.1) is 0 Å². The van der Waals surface area contributed by atoms with Gasteiger partial charge in [0, 0.05) is 6.54 Å². The highest BCUT2D eigenvalue weighted by atomic mass is 16.5. The van der Waals surface area contributed by atoms with Gasteiger partial charge in [-0.05, 0) is 11.6 Å². The average Bonchev–Trinajstić information content (AvgIpc) is 2.69. The van der Waals surface area contributed by atoms with Crippen molar-refractivity contribution >= 4 is 11.9 Å². The van der Waals surface area contributed by atoms with Gasteiger partial charge in [-0.1, -0.05) is 6.07 Å². The normalized spacial score (nSPS) is 13.0. The minimum absolute atomic E-state index is 0.192. The number of methoxy groups -OCH3 is 2. The molecule has 0 atom stereocenters. The molecule has 0 radical (unpaired) electrons. The highest BCUT2D eigenvalue weighted by Crippen LogP contribution is 2.29. The molecule has 0 saturated carbocycles. The summed E-state index contributed by atoms with van der Waals surface area (Å²) in [6.07, 6.45) is 0. The second-order valence-corrected chi connectivity index (χ2v) is 3.35. The van der Waals surface area contributed by atoms with E-state index in [4.69, 9.17) is 4.74 Å². The van der Waals surface area contributed by atoms with Crippen molar-refractivity contribution in [2.24, 2.45) is 0 Å². The molecule has 0 bridgehead atoms. The van der Waals surface area contributed by atoms with E-state index in [0.717, 1.165) is 5.56 Å². The van der Waals surface area contributed by atoms with Crippen LogP contribution in [0.3, 0.4) is 0 Å². The number of carbonyl (C=O) groups excluding carboxylic acids is 2. The van der Waals surface area contributed by atoms with Gasteiger partial charge in [-0.3, -0.25) is 4.79 Å². The maximum Gasteiger partial charge on any atom is 0.342 e. The number of benzene rings is 1. The van der Waals surface area contributed by atoms with Crippen molar-refractivity contribution in [3.63, 3.8) is 0 Å². The van der Waals surface area contributed by atoms with Crippen LogP contribution in [0.4, 0.5) is 0 Å². The van der Waals surface area contributed by atoms with E-state index in [2.05, 4.69) is 10.1 Å². The first kappa shape index (κ1) is 10.5. The quantitative estimate of drug-likeness (QED) is 0.747. The van der Waals surface area contributed by atoms with Crippen LogP contribution < -0.4 is 10.1 Å². The summed E-state index contributed by atoms with van der Waals surface area (Å²) in [5, 5.41) is 2.65. The van der Waals surface area contributed by atoms with Gasteiger partial charge in [0.15, 0.2) is 0 Å². The van der Waals surface area contributed by atoms with Crippen LogP contribution in [-0.4, -0.2) is 26.1 Å². The Labute approximate surface area is 92.4 Å². The highest BCUT2D eigenvalue weighted by Gasteiger charge is 2.29. The molecule has 0 aromatic heterocycles. The molecule has 0 saturated heterocycles. The lowest BCUT2D eigenvalue weighted by atomic mass is 10.0. The zero-order valence-corrected chi connectivity index (χ0v) is 8.99. The standard InChI is InChI=1S/C11H11NO4/c1-15-7-4-3-6-5-12-10(13)8(6)9(7)11(14)16-2/h3-4H,5H2,1-2H3,(H,12,13). The maximum absolute atomic E-state index is 11.6. The molecule has 16 heavy (non-hydrogen) atoms. The van der Waals surface area contributed by atoms with Crippen molar-refractivity contribution in [1.82, 2.24) is 5.32 Å². The molecule has 2 rings (SSSR count). The monoisotopic (exact) mass is 221 g/mol. The van der Waals surface area contributed by atoms with Crippen molar-refractivity contribution in [1.29, 1.82) is 0 Å². The summed E-state index contributed by atoms with van der Waals surface area (Å²) < 4.78 is 9.71. The van der Waals surface area contributed by atoms with Crippen LogP contribution in [0.15, 0.2) is 12.1 Å². The molecular formula is C11H11NO4. The van der Waals surface area contributed by atoms with Crippen LogP contribution >= 0.6 is 0 Å². The SMILES string of the molecule is COC(=O)c1c(OC)ccc2c1C(=O)NC2. The third-order valence-corrected chi connectivity index (χ3v) is 2.53. The zero-order valence-electron chi connectivity index (χ0n) is 8.99. The fourth-order valence-electron chi connectivity index (χ4n) is 1.77. The summed E-state index contributed by atoms with van der Waals surface area (Å²) in [5.41, 5.74) is 1.33. The Kier molecular flexibility index (Phi) is 2.52. The van der Waals surface area contributed by atoms with E-state index >= 15 is 0 Å². The molecule has 1 N–H and O–H groups in total. The first-order chi connectivity index (χ1) is 7.69. The predicted octanol–water partition coefficient (Wildman–Crippen LogP) is 0.725. The van der Waals surface area contributed by atoms with E-state index in [1.807, 2.05) is 0 Å². The van der Waals surface area contributed by atoms with E-state index in [1.165, 1.54) is 14.2 Å². The first-order valence-electron chi connectivity index (χ1n) is 4.75. The van der Waals surface area contributed by atoms with Crippen LogP contribution in [0.1, 0.15) is 26.3 Å². The molecule has 5 heteroatoms. The maximum atomic E-state index is 11.6. The van der Waals surface area contributed by atoms with Gasteiger partial charge < -0.3 is 14.8 Å². The third kappa shape index (κ3) is 1.41. The number of amides is 1. The summed E-state index contributed by atoms with van der Waals surface area (Å²) in [5.74, 6) is -0.484. The van der Waals surface area contributed by atoms with E-state index in [-0.39, 0.29) is 11.5 Å². The Morgan fingerprint density at radius 1 is 1.38 bits per heavy atom. The minimum Gasteiger partial charge on any atom is -0.496 e. The predicted molar refractivity (Wildman–Crippen MR) is 55.5 cm³/mol. The van der Waals surface area contributed by atoms with Gasteiger partial charge in [-0.15, -0.1) is 0 Å². The lowest BCUT2D eigenvalue weighted by Gasteiger charge is -2.09. The van der Waals surface area contributed by atoms with Gasteiger partial charge in [-0.2, -0.15) is 0 Å². The number of rotatable bonds is 2. The number of ether oxygens (including phenoxy) is 2. The molecule has 0 fully saturated rings. The number of nitrogens with one attached hydrogen (secondary N) is 1. The Balaban J connectivity index is 2.67. The lowest BCUT2D eigenvalue weighted by Crippen LogP contribution is -2.16. The summed E-state index contributed by atoms with van der Waals surface area (Å²) in [6.45, 7) is 0.433. The van der Waals surface area contributed by atoms with Gasteiger partial charge in [0.1, 0.15) is 11.3 Å². The van der Waals surface area contributed by atoms with Crippen molar-refractivity contribution < 1.29 is 19.1 Å². The molecule has 0 aliphatic carbocycles. The van der Waals surface area contributed by atoms with Crippen LogP contribution in [0.25, 0.3) is 0 Å². The fraction of sp³-hybridized carbons (Fsp3) is 0.273. The fourth-order valence-corrected chi connectivity index (χ4v) is 1.77. The summed E-state index contributed by atoms with van der Waals surface area (Å²) in [4.78, 5) is 23.2. The molecule has 1 aliphatic heterocycles. The van der Waals surface area contributed by atoms with Crippen LogP contribution in [0.5, 0.6) is 5.75 Å². The highest BCUT2D eigenvalue weighted by molar-refractivity contribution is 6.09. The minimum atomic E-state index is -0.564.